The second-order valence-electron chi connectivity index (χ2n) is 5.51. The molecule has 0 unspecified atom stereocenters. The van der Waals surface area contributed by atoms with Gasteiger partial charge in [0.25, 0.3) is 0 Å². The third-order valence-corrected chi connectivity index (χ3v) is 4.96. The number of rotatable bonds is 8. The van der Waals surface area contributed by atoms with E-state index in [1.807, 2.05) is 35.9 Å². The Labute approximate surface area is 166 Å². The Morgan fingerprint density at radius 2 is 2.00 bits per heavy atom. The lowest BCUT2D eigenvalue weighted by Gasteiger charge is -2.08. The first-order chi connectivity index (χ1) is 13.2. The predicted octanol–water partition coefficient (Wildman–Crippen LogP) is 4.09. The minimum absolute atomic E-state index is 0.283. The van der Waals surface area contributed by atoms with Gasteiger partial charge in [0, 0.05) is 12.8 Å². The van der Waals surface area contributed by atoms with Gasteiger partial charge in [0.2, 0.25) is 0 Å². The fourth-order valence-electron chi connectivity index (χ4n) is 2.25. The summed E-state index contributed by atoms with van der Waals surface area (Å²) in [5, 5.41) is 18.6. The summed E-state index contributed by atoms with van der Waals surface area (Å²) in [6.07, 6.45) is 0. The molecule has 1 aromatic heterocycles. The van der Waals surface area contributed by atoms with Crippen LogP contribution in [-0.4, -0.2) is 27.1 Å². The molecule has 0 saturated carbocycles. The van der Waals surface area contributed by atoms with Gasteiger partial charge in [-0.3, -0.25) is 0 Å². The van der Waals surface area contributed by atoms with E-state index in [1.54, 1.807) is 24.3 Å². The number of thioether (sulfide) groups is 1. The molecule has 3 rings (SSSR count). The molecule has 138 valence electrons. The van der Waals surface area contributed by atoms with Gasteiger partial charge in [0.05, 0.1) is 23.3 Å². The van der Waals surface area contributed by atoms with Gasteiger partial charge in [0.1, 0.15) is 18.1 Å². The Kier molecular flexibility index (Phi) is 6.58. The monoisotopic (exact) mass is 400 g/mol. The Bertz CT molecular complexity index is 955. The van der Waals surface area contributed by atoms with E-state index in [4.69, 9.17) is 26.3 Å². The van der Waals surface area contributed by atoms with Crippen molar-refractivity contribution in [3.05, 3.63) is 64.9 Å². The van der Waals surface area contributed by atoms with Crippen LogP contribution in [0.3, 0.4) is 0 Å². The molecule has 0 radical (unpaired) electrons. The van der Waals surface area contributed by atoms with Crippen molar-refractivity contribution in [2.24, 2.45) is 7.05 Å². The van der Waals surface area contributed by atoms with Crippen molar-refractivity contribution in [1.82, 2.24) is 14.8 Å². The average Bonchev–Trinajstić information content (AvgIpc) is 3.04. The van der Waals surface area contributed by atoms with Crippen LogP contribution in [0.15, 0.2) is 53.7 Å². The second-order valence-corrected chi connectivity index (χ2v) is 6.98. The maximum atomic E-state index is 8.90. The summed E-state index contributed by atoms with van der Waals surface area (Å²) in [5.41, 5.74) is 0.580. The zero-order valence-corrected chi connectivity index (χ0v) is 16.2. The summed E-state index contributed by atoms with van der Waals surface area (Å²) in [4.78, 5) is 0. The fraction of sp³-hybridized carbons (Fsp3) is 0.211. The molecule has 0 spiro atoms. The number of nitriles is 1. The van der Waals surface area contributed by atoms with E-state index in [0.717, 1.165) is 5.16 Å². The highest BCUT2D eigenvalue weighted by Crippen LogP contribution is 2.24. The number of hydrogen-bond donors (Lipinski definition) is 0. The Morgan fingerprint density at radius 3 is 2.81 bits per heavy atom. The van der Waals surface area contributed by atoms with Crippen molar-refractivity contribution in [2.45, 2.75) is 11.8 Å². The molecule has 0 aliphatic heterocycles. The summed E-state index contributed by atoms with van der Waals surface area (Å²) in [5.74, 6) is 2.71. The van der Waals surface area contributed by atoms with Gasteiger partial charge in [-0.05, 0) is 30.3 Å². The van der Waals surface area contributed by atoms with Crippen molar-refractivity contribution in [2.75, 3.05) is 12.4 Å². The van der Waals surface area contributed by atoms with E-state index in [1.165, 1.54) is 11.8 Å². The van der Waals surface area contributed by atoms with Gasteiger partial charge < -0.3 is 14.0 Å². The molecule has 6 nitrogen and oxygen atoms in total. The van der Waals surface area contributed by atoms with Crippen LogP contribution in [0, 0.1) is 11.3 Å². The van der Waals surface area contributed by atoms with Crippen LogP contribution in [0.1, 0.15) is 11.4 Å². The molecule has 0 fully saturated rings. The first kappa shape index (κ1) is 19.1. The third kappa shape index (κ3) is 5.16. The Morgan fingerprint density at radius 1 is 1.15 bits per heavy atom. The highest BCUT2D eigenvalue weighted by Gasteiger charge is 2.11. The average molecular weight is 401 g/mol. The summed E-state index contributed by atoms with van der Waals surface area (Å²) in [6, 6.07) is 16.5. The zero-order valence-electron chi connectivity index (χ0n) is 14.6. The van der Waals surface area contributed by atoms with Crippen LogP contribution in [-0.2, 0) is 13.7 Å². The minimum Gasteiger partial charge on any atom is -0.493 e. The lowest BCUT2D eigenvalue weighted by atomic mass is 10.2. The molecule has 0 bridgehead atoms. The van der Waals surface area contributed by atoms with Crippen LogP contribution >= 0.6 is 23.4 Å². The number of aromatic nitrogens is 3. The van der Waals surface area contributed by atoms with E-state index < -0.39 is 0 Å². The number of para-hydroxylation sites is 1. The van der Waals surface area contributed by atoms with E-state index in [0.29, 0.717) is 40.3 Å². The Balaban J connectivity index is 1.48. The maximum absolute atomic E-state index is 8.90. The lowest BCUT2D eigenvalue weighted by molar-refractivity contribution is 0.290. The summed E-state index contributed by atoms with van der Waals surface area (Å²) < 4.78 is 13.3. The van der Waals surface area contributed by atoms with E-state index in [2.05, 4.69) is 16.3 Å². The van der Waals surface area contributed by atoms with Crippen LogP contribution in [0.25, 0.3) is 0 Å². The number of halogens is 1. The van der Waals surface area contributed by atoms with E-state index in [-0.39, 0.29) is 6.61 Å². The van der Waals surface area contributed by atoms with Crippen LogP contribution in [0.2, 0.25) is 5.02 Å². The topological polar surface area (TPSA) is 73.0 Å². The van der Waals surface area contributed by atoms with E-state index in [9.17, 15) is 0 Å². The zero-order chi connectivity index (χ0) is 19.1. The van der Waals surface area contributed by atoms with Crippen molar-refractivity contribution in [3.63, 3.8) is 0 Å². The van der Waals surface area contributed by atoms with Crippen molar-refractivity contribution < 1.29 is 9.47 Å². The lowest BCUT2D eigenvalue weighted by Crippen LogP contribution is -2.05. The summed E-state index contributed by atoms with van der Waals surface area (Å²) >= 11 is 7.63. The second kappa shape index (κ2) is 9.31. The van der Waals surface area contributed by atoms with Gasteiger partial charge in [-0.15, -0.1) is 10.2 Å². The van der Waals surface area contributed by atoms with Crippen molar-refractivity contribution >= 4 is 23.4 Å². The largest absolute Gasteiger partial charge is 0.493 e. The normalized spacial score (nSPS) is 10.4. The number of ether oxygens (including phenoxy) is 2. The standard InChI is InChI=1S/C19H17ClN4O2S/c1-24-18(13-26-17-8-3-2-7-16(17)20)22-23-19(24)27-10-9-25-15-6-4-5-14(11-15)12-21/h2-8,11H,9-10,13H2,1H3. The Hall–Kier alpha value is -2.69. The molecule has 0 N–H and O–H groups in total. The molecular weight excluding hydrogens is 384 g/mol. The first-order valence-corrected chi connectivity index (χ1v) is 9.55. The molecule has 0 aliphatic rings. The molecule has 0 aliphatic carbocycles. The molecule has 0 atom stereocenters. The van der Waals surface area contributed by atoms with Crippen molar-refractivity contribution in [3.8, 4) is 17.6 Å². The molecule has 2 aromatic carbocycles. The van der Waals surface area contributed by atoms with Gasteiger partial charge in [-0.1, -0.05) is 41.6 Å². The van der Waals surface area contributed by atoms with Gasteiger partial charge in [-0.25, -0.2) is 0 Å². The number of benzene rings is 2. The van der Waals surface area contributed by atoms with Gasteiger partial charge >= 0.3 is 0 Å². The quantitative estimate of drug-likeness (QED) is 0.419. The molecule has 0 saturated heterocycles. The number of nitrogens with zero attached hydrogens (tertiary/aromatic N) is 4. The molecule has 1 heterocycles. The minimum atomic E-state index is 0.283. The predicted molar refractivity (Wildman–Crippen MR) is 104 cm³/mol. The number of hydrogen-bond acceptors (Lipinski definition) is 6. The summed E-state index contributed by atoms with van der Waals surface area (Å²) in [7, 11) is 1.89. The summed E-state index contributed by atoms with van der Waals surface area (Å²) in [6.45, 7) is 0.781. The highest BCUT2D eigenvalue weighted by molar-refractivity contribution is 7.99. The smallest absolute Gasteiger partial charge is 0.191 e. The maximum Gasteiger partial charge on any atom is 0.191 e. The van der Waals surface area contributed by atoms with Crippen LogP contribution in [0.5, 0.6) is 11.5 Å². The van der Waals surface area contributed by atoms with E-state index >= 15 is 0 Å². The third-order valence-electron chi connectivity index (χ3n) is 3.66. The van der Waals surface area contributed by atoms with Gasteiger partial charge in [0.15, 0.2) is 11.0 Å². The van der Waals surface area contributed by atoms with Gasteiger partial charge in [-0.2, -0.15) is 5.26 Å². The van der Waals surface area contributed by atoms with Crippen molar-refractivity contribution in [1.29, 1.82) is 5.26 Å². The molecule has 0 amide bonds. The molecule has 27 heavy (non-hydrogen) atoms. The molecular formula is C19H17ClN4O2S. The highest BCUT2D eigenvalue weighted by atomic mass is 35.5. The SMILES string of the molecule is Cn1c(COc2ccccc2Cl)nnc1SCCOc1cccc(C#N)c1. The first-order valence-electron chi connectivity index (χ1n) is 8.18. The fourth-order valence-corrected chi connectivity index (χ4v) is 3.19. The molecule has 3 aromatic rings. The molecule has 8 heteroatoms. The van der Waals surface area contributed by atoms with Crippen LogP contribution in [0.4, 0.5) is 0 Å². The van der Waals surface area contributed by atoms with Crippen LogP contribution < -0.4 is 9.47 Å².